The zero-order valence-electron chi connectivity index (χ0n) is 8.64. The third kappa shape index (κ3) is 3.02. The van der Waals surface area contributed by atoms with E-state index in [-0.39, 0.29) is 5.54 Å². The standard InChI is InChI=1S/C11H21NO/c1-2-3-7-11(12-10-13)8-5-4-6-9-11/h10H,2-9H2,1H3,(H,12,13). The minimum atomic E-state index is 0.163. The molecule has 0 aromatic heterocycles. The zero-order valence-corrected chi connectivity index (χ0v) is 8.64. The van der Waals surface area contributed by atoms with E-state index in [0.717, 1.165) is 6.41 Å². The van der Waals surface area contributed by atoms with Crippen LogP contribution in [0.5, 0.6) is 0 Å². The van der Waals surface area contributed by atoms with E-state index in [0.29, 0.717) is 0 Å². The molecule has 1 amide bonds. The fraction of sp³-hybridized carbons (Fsp3) is 0.909. The molecular formula is C11H21NO. The number of nitrogens with one attached hydrogen (secondary N) is 1. The quantitative estimate of drug-likeness (QED) is 0.652. The highest BCUT2D eigenvalue weighted by atomic mass is 16.1. The van der Waals surface area contributed by atoms with Crippen LogP contribution < -0.4 is 5.32 Å². The summed E-state index contributed by atoms with van der Waals surface area (Å²) in [6, 6.07) is 0. The van der Waals surface area contributed by atoms with Gasteiger partial charge in [0.15, 0.2) is 0 Å². The van der Waals surface area contributed by atoms with Crippen LogP contribution in [0, 0.1) is 0 Å². The van der Waals surface area contributed by atoms with Crippen LogP contribution in [0.15, 0.2) is 0 Å². The van der Waals surface area contributed by atoms with Crippen LogP contribution in [0.25, 0.3) is 0 Å². The molecule has 0 spiro atoms. The van der Waals surface area contributed by atoms with Crippen molar-refractivity contribution in [3.8, 4) is 0 Å². The summed E-state index contributed by atoms with van der Waals surface area (Å²) >= 11 is 0. The number of amides is 1. The first-order valence-corrected chi connectivity index (χ1v) is 5.54. The van der Waals surface area contributed by atoms with Crippen molar-refractivity contribution in [2.75, 3.05) is 0 Å². The van der Waals surface area contributed by atoms with Crippen LogP contribution in [0.2, 0.25) is 0 Å². The summed E-state index contributed by atoms with van der Waals surface area (Å²) in [6.45, 7) is 2.21. The number of rotatable bonds is 5. The monoisotopic (exact) mass is 183 g/mol. The summed E-state index contributed by atoms with van der Waals surface area (Å²) in [5, 5.41) is 3.05. The van der Waals surface area contributed by atoms with Gasteiger partial charge < -0.3 is 5.32 Å². The van der Waals surface area contributed by atoms with Gasteiger partial charge in [0.25, 0.3) is 0 Å². The Morgan fingerprint density at radius 1 is 1.31 bits per heavy atom. The average molecular weight is 183 g/mol. The lowest BCUT2D eigenvalue weighted by molar-refractivity contribution is -0.111. The molecule has 1 N–H and O–H groups in total. The molecule has 0 aromatic rings. The van der Waals surface area contributed by atoms with E-state index in [1.807, 2.05) is 0 Å². The number of hydrogen-bond donors (Lipinski definition) is 1. The molecule has 1 fully saturated rings. The molecule has 0 aliphatic heterocycles. The van der Waals surface area contributed by atoms with Gasteiger partial charge in [0.05, 0.1) is 0 Å². The topological polar surface area (TPSA) is 29.1 Å². The molecule has 0 heterocycles. The summed E-state index contributed by atoms with van der Waals surface area (Å²) < 4.78 is 0. The molecular weight excluding hydrogens is 162 g/mol. The highest BCUT2D eigenvalue weighted by molar-refractivity contribution is 5.48. The third-order valence-corrected chi connectivity index (χ3v) is 3.18. The molecule has 13 heavy (non-hydrogen) atoms. The first-order valence-electron chi connectivity index (χ1n) is 5.54. The Labute approximate surface area is 81.1 Å². The first-order chi connectivity index (χ1) is 6.33. The molecule has 2 heteroatoms. The maximum atomic E-state index is 10.5. The van der Waals surface area contributed by atoms with Gasteiger partial charge in [0.2, 0.25) is 6.41 Å². The van der Waals surface area contributed by atoms with Crippen molar-refractivity contribution in [2.45, 2.75) is 63.8 Å². The first kappa shape index (κ1) is 10.6. The van der Waals surface area contributed by atoms with Crippen LogP contribution >= 0.6 is 0 Å². The third-order valence-electron chi connectivity index (χ3n) is 3.18. The minimum absolute atomic E-state index is 0.163. The number of unbranched alkanes of at least 4 members (excludes halogenated alkanes) is 1. The summed E-state index contributed by atoms with van der Waals surface area (Å²) in [7, 11) is 0. The summed E-state index contributed by atoms with van der Waals surface area (Å²) in [5.74, 6) is 0. The number of carbonyl (C=O) groups excluding carboxylic acids is 1. The van der Waals surface area contributed by atoms with Gasteiger partial charge in [0.1, 0.15) is 0 Å². The Morgan fingerprint density at radius 2 is 2.00 bits per heavy atom. The summed E-state index contributed by atoms with van der Waals surface area (Å²) in [5.41, 5.74) is 0.163. The Kier molecular flexibility index (Phi) is 4.26. The predicted molar refractivity (Wildman–Crippen MR) is 54.5 cm³/mol. The Morgan fingerprint density at radius 3 is 2.54 bits per heavy atom. The molecule has 0 aromatic carbocycles. The SMILES string of the molecule is CCCCC1(NC=O)CCCCC1. The normalized spacial score (nSPS) is 21.0. The number of hydrogen-bond acceptors (Lipinski definition) is 1. The average Bonchev–Trinajstić information content (AvgIpc) is 2.17. The molecule has 0 unspecified atom stereocenters. The minimum Gasteiger partial charge on any atom is -0.353 e. The van der Waals surface area contributed by atoms with Gasteiger partial charge >= 0.3 is 0 Å². The van der Waals surface area contributed by atoms with Gasteiger partial charge in [-0.15, -0.1) is 0 Å². The van der Waals surface area contributed by atoms with Crippen LogP contribution in [0.4, 0.5) is 0 Å². The Hall–Kier alpha value is -0.530. The van der Waals surface area contributed by atoms with E-state index >= 15 is 0 Å². The van der Waals surface area contributed by atoms with Gasteiger partial charge in [-0.3, -0.25) is 4.79 Å². The highest BCUT2D eigenvalue weighted by Gasteiger charge is 2.30. The molecule has 1 rings (SSSR count). The van der Waals surface area contributed by atoms with Gasteiger partial charge in [-0.2, -0.15) is 0 Å². The second-order valence-corrected chi connectivity index (χ2v) is 4.21. The lowest BCUT2D eigenvalue weighted by Crippen LogP contribution is -2.45. The highest BCUT2D eigenvalue weighted by Crippen LogP contribution is 2.31. The molecule has 0 bridgehead atoms. The van der Waals surface area contributed by atoms with Crippen molar-refractivity contribution < 1.29 is 4.79 Å². The van der Waals surface area contributed by atoms with Gasteiger partial charge in [-0.25, -0.2) is 0 Å². The summed E-state index contributed by atoms with van der Waals surface area (Å²) in [6.07, 6.45) is 10.8. The molecule has 0 atom stereocenters. The fourth-order valence-corrected chi connectivity index (χ4v) is 2.34. The maximum absolute atomic E-state index is 10.5. The Balaban J connectivity index is 2.45. The van der Waals surface area contributed by atoms with E-state index in [4.69, 9.17) is 0 Å². The van der Waals surface area contributed by atoms with Gasteiger partial charge in [0, 0.05) is 5.54 Å². The van der Waals surface area contributed by atoms with Crippen molar-refractivity contribution in [3.63, 3.8) is 0 Å². The van der Waals surface area contributed by atoms with Crippen LogP contribution in [0.1, 0.15) is 58.3 Å². The molecule has 1 aliphatic carbocycles. The number of carbonyl (C=O) groups is 1. The van der Waals surface area contributed by atoms with Crippen LogP contribution in [0.3, 0.4) is 0 Å². The fourth-order valence-electron chi connectivity index (χ4n) is 2.34. The van der Waals surface area contributed by atoms with Crippen molar-refractivity contribution in [2.24, 2.45) is 0 Å². The van der Waals surface area contributed by atoms with E-state index in [1.165, 1.54) is 51.4 Å². The molecule has 0 saturated heterocycles. The van der Waals surface area contributed by atoms with Crippen molar-refractivity contribution in [3.05, 3.63) is 0 Å². The van der Waals surface area contributed by atoms with Gasteiger partial charge in [-0.1, -0.05) is 39.0 Å². The molecule has 0 radical (unpaired) electrons. The largest absolute Gasteiger partial charge is 0.353 e. The van der Waals surface area contributed by atoms with Crippen LogP contribution in [-0.2, 0) is 4.79 Å². The molecule has 2 nitrogen and oxygen atoms in total. The summed E-state index contributed by atoms with van der Waals surface area (Å²) in [4.78, 5) is 10.5. The molecule has 1 aliphatic rings. The lowest BCUT2D eigenvalue weighted by Gasteiger charge is -2.37. The smallest absolute Gasteiger partial charge is 0.207 e. The van der Waals surface area contributed by atoms with Gasteiger partial charge in [-0.05, 0) is 19.3 Å². The Bertz CT molecular complexity index is 150. The van der Waals surface area contributed by atoms with E-state index < -0.39 is 0 Å². The lowest BCUT2D eigenvalue weighted by atomic mass is 9.78. The molecule has 1 saturated carbocycles. The van der Waals surface area contributed by atoms with Crippen molar-refractivity contribution in [1.29, 1.82) is 0 Å². The van der Waals surface area contributed by atoms with E-state index in [2.05, 4.69) is 12.2 Å². The second-order valence-electron chi connectivity index (χ2n) is 4.21. The molecule has 76 valence electrons. The second kappa shape index (κ2) is 5.25. The predicted octanol–water partition coefficient (Wildman–Crippen LogP) is 2.63. The van der Waals surface area contributed by atoms with E-state index in [9.17, 15) is 4.79 Å². The van der Waals surface area contributed by atoms with Crippen molar-refractivity contribution >= 4 is 6.41 Å². The van der Waals surface area contributed by atoms with E-state index in [1.54, 1.807) is 0 Å². The zero-order chi connectivity index (χ0) is 9.57. The van der Waals surface area contributed by atoms with Crippen molar-refractivity contribution in [1.82, 2.24) is 5.32 Å². The maximum Gasteiger partial charge on any atom is 0.207 e. The van der Waals surface area contributed by atoms with Crippen LogP contribution in [-0.4, -0.2) is 11.9 Å².